The van der Waals surface area contributed by atoms with E-state index in [1.165, 1.54) is 30.4 Å². The fourth-order valence-electron chi connectivity index (χ4n) is 5.80. The summed E-state index contributed by atoms with van der Waals surface area (Å²) in [5.41, 5.74) is 8.60. The van der Waals surface area contributed by atoms with Gasteiger partial charge in [-0.3, -0.25) is 4.79 Å². The van der Waals surface area contributed by atoms with Gasteiger partial charge in [-0.2, -0.15) is 0 Å². The largest absolute Gasteiger partial charge is 0.369 e. The van der Waals surface area contributed by atoms with E-state index in [2.05, 4.69) is 31.2 Å². The predicted molar refractivity (Wildman–Crippen MR) is 79.2 cm³/mol. The van der Waals surface area contributed by atoms with Gasteiger partial charge in [-0.1, -0.05) is 29.8 Å². The number of rotatable bonds is 2. The van der Waals surface area contributed by atoms with Crippen LogP contribution in [0.2, 0.25) is 0 Å². The monoisotopic (exact) mass is 269 g/mol. The Morgan fingerprint density at radius 1 is 1.10 bits per heavy atom. The van der Waals surface area contributed by atoms with Crippen molar-refractivity contribution < 1.29 is 4.79 Å². The van der Waals surface area contributed by atoms with Crippen LogP contribution in [0.5, 0.6) is 0 Å². The molecule has 20 heavy (non-hydrogen) atoms. The van der Waals surface area contributed by atoms with Crippen LogP contribution in [-0.2, 0) is 10.2 Å². The van der Waals surface area contributed by atoms with E-state index in [0.29, 0.717) is 11.8 Å². The maximum atomic E-state index is 12.1. The average Bonchev–Trinajstić information content (AvgIpc) is 2.37. The molecule has 0 aliphatic heterocycles. The molecule has 4 aliphatic carbocycles. The molecule has 4 saturated carbocycles. The summed E-state index contributed by atoms with van der Waals surface area (Å²) in [7, 11) is 0. The molecule has 5 rings (SSSR count). The Balaban J connectivity index is 1.79. The number of primary amides is 1. The van der Waals surface area contributed by atoms with Crippen molar-refractivity contribution in [3.63, 3.8) is 0 Å². The molecule has 4 fully saturated rings. The quantitative estimate of drug-likeness (QED) is 0.879. The van der Waals surface area contributed by atoms with Crippen molar-refractivity contribution in [3.05, 3.63) is 35.4 Å². The van der Waals surface area contributed by atoms with Crippen LogP contribution in [0.4, 0.5) is 0 Å². The number of amides is 1. The van der Waals surface area contributed by atoms with Crippen LogP contribution in [0.1, 0.15) is 49.7 Å². The van der Waals surface area contributed by atoms with Crippen molar-refractivity contribution >= 4 is 5.91 Å². The molecule has 106 valence electrons. The Morgan fingerprint density at radius 2 is 1.70 bits per heavy atom. The summed E-state index contributed by atoms with van der Waals surface area (Å²) in [6.45, 7) is 2.13. The lowest BCUT2D eigenvalue weighted by atomic mass is 9.42. The van der Waals surface area contributed by atoms with Crippen molar-refractivity contribution in [1.82, 2.24) is 0 Å². The molecule has 0 radical (unpaired) electrons. The van der Waals surface area contributed by atoms with Gasteiger partial charge >= 0.3 is 0 Å². The maximum absolute atomic E-state index is 12.1. The minimum atomic E-state index is -0.199. The van der Waals surface area contributed by atoms with Crippen molar-refractivity contribution in [2.24, 2.45) is 23.0 Å². The Labute approximate surface area is 120 Å². The summed E-state index contributed by atoms with van der Waals surface area (Å²) in [5, 5.41) is 0. The Morgan fingerprint density at radius 3 is 2.25 bits per heavy atom. The van der Waals surface area contributed by atoms with Gasteiger partial charge in [-0.25, -0.2) is 0 Å². The number of nitrogens with two attached hydrogens (primary N) is 1. The summed E-state index contributed by atoms with van der Waals surface area (Å²) < 4.78 is 0. The first-order valence-electron chi connectivity index (χ1n) is 7.88. The van der Waals surface area contributed by atoms with E-state index in [4.69, 9.17) is 5.73 Å². The molecule has 2 N–H and O–H groups in total. The van der Waals surface area contributed by atoms with Gasteiger partial charge in [0.15, 0.2) is 0 Å². The molecule has 0 saturated heterocycles. The zero-order chi connectivity index (χ0) is 14.0. The summed E-state index contributed by atoms with van der Waals surface area (Å²) in [6, 6.07) is 9.00. The van der Waals surface area contributed by atoms with Gasteiger partial charge in [-0.05, 0) is 68.3 Å². The highest BCUT2D eigenvalue weighted by atomic mass is 16.1. The molecule has 2 unspecified atom stereocenters. The number of aryl methyl sites for hydroxylation is 1. The lowest BCUT2D eigenvalue weighted by Gasteiger charge is -2.61. The number of carbonyl (C=O) groups excluding carboxylic acids is 1. The van der Waals surface area contributed by atoms with E-state index in [-0.39, 0.29) is 16.7 Å². The first-order valence-corrected chi connectivity index (χ1v) is 7.88. The van der Waals surface area contributed by atoms with Crippen LogP contribution in [-0.4, -0.2) is 5.91 Å². The number of benzene rings is 1. The van der Waals surface area contributed by atoms with Crippen LogP contribution < -0.4 is 5.73 Å². The smallest absolute Gasteiger partial charge is 0.223 e. The molecule has 4 aliphatic rings. The zero-order valence-corrected chi connectivity index (χ0v) is 12.2. The maximum Gasteiger partial charge on any atom is 0.223 e. The van der Waals surface area contributed by atoms with Gasteiger partial charge in [-0.15, -0.1) is 0 Å². The third kappa shape index (κ3) is 1.60. The van der Waals surface area contributed by atoms with Gasteiger partial charge in [0.25, 0.3) is 0 Å². The molecule has 4 atom stereocenters. The molecular weight excluding hydrogens is 246 g/mol. The second-order valence-electron chi connectivity index (χ2n) is 7.75. The van der Waals surface area contributed by atoms with Crippen LogP contribution in [0.15, 0.2) is 24.3 Å². The molecule has 2 heteroatoms. The highest BCUT2D eigenvalue weighted by molar-refractivity contribution is 5.81. The van der Waals surface area contributed by atoms with Crippen molar-refractivity contribution in [2.75, 3.05) is 0 Å². The van der Waals surface area contributed by atoms with E-state index in [1.807, 2.05) is 0 Å². The minimum absolute atomic E-state index is 0.0388. The molecule has 1 aromatic carbocycles. The van der Waals surface area contributed by atoms with Gasteiger partial charge < -0.3 is 5.73 Å². The van der Waals surface area contributed by atoms with Gasteiger partial charge in [0.1, 0.15) is 0 Å². The molecule has 0 aromatic heterocycles. The molecule has 2 nitrogen and oxygen atoms in total. The molecule has 4 bridgehead atoms. The SMILES string of the molecule is Cc1ccc(C23C[C@@H]4C[C@@H](CC(C(N)=O)(C4)C2)C3)cc1. The predicted octanol–water partition coefficient (Wildman–Crippen LogP) is 3.32. The summed E-state index contributed by atoms with van der Waals surface area (Å²) in [5.74, 6) is 1.39. The summed E-state index contributed by atoms with van der Waals surface area (Å²) in [6.07, 6.45) is 6.94. The van der Waals surface area contributed by atoms with E-state index in [0.717, 1.165) is 19.3 Å². The van der Waals surface area contributed by atoms with Gasteiger partial charge in [0.05, 0.1) is 5.41 Å². The minimum Gasteiger partial charge on any atom is -0.369 e. The molecule has 0 heterocycles. The Hall–Kier alpha value is -1.31. The lowest BCUT2D eigenvalue weighted by Crippen LogP contribution is -2.58. The molecule has 0 spiro atoms. The van der Waals surface area contributed by atoms with Crippen molar-refractivity contribution in [3.8, 4) is 0 Å². The molecule has 1 amide bonds. The highest BCUT2D eigenvalue weighted by Crippen LogP contribution is 2.65. The first kappa shape index (κ1) is 12.4. The number of carbonyl (C=O) groups is 1. The Bertz CT molecular complexity index is 545. The third-order valence-corrected chi connectivity index (χ3v) is 6.25. The third-order valence-electron chi connectivity index (χ3n) is 6.25. The van der Waals surface area contributed by atoms with E-state index >= 15 is 0 Å². The van der Waals surface area contributed by atoms with E-state index < -0.39 is 0 Å². The molecule has 1 aromatic rings. The van der Waals surface area contributed by atoms with Gasteiger partial charge in [0, 0.05) is 0 Å². The van der Waals surface area contributed by atoms with Crippen molar-refractivity contribution in [2.45, 2.75) is 50.9 Å². The lowest BCUT2D eigenvalue weighted by molar-refractivity contribution is -0.145. The van der Waals surface area contributed by atoms with Crippen LogP contribution in [0.25, 0.3) is 0 Å². The Kier molecular flexibility index (Phi) is 2.40. The van der Waals surface area contributed by atoms with Crippen molar-refractivity contribution in [1.29, 1.82) is 0 Å². The van der Waals surface area contributed by atoms with Crippen LogP contribution in [0, 0.1) is 24.2 Å². The first-order chi connectivity index (χ1) is 9.51. The fourth-order valence-corrected chi connectivity index (χ4v) is 5.80. The average molecular weight is 269 g/mol. The highest BCUT2D eigenvalue weighted by Gasteiger charge is 2.60. The zero-order valence-electron chi connectivity index (χ0n) is 12.2. The summed E-state index contributed by atoms with van der Waals surface area (Å²) >= 11 is 0. The fraction of sp³-hybridized carbons (Fsp3) is 0.611. The van der Waals surface area contributed by atoms with Gasteiger partial charge in [0.2, 0.25) is 5.91 Å². The second-order valence-corrected chi connectivity index (χ2v) is 7.75. The number of hydrogen-bond acceptors (Lipinski definition) is 1. The second kappa shape index (κ2) is 3.87. The topological polar surface area (TPSA) is 43.1 Å². The van der Waals surface area contributed by atoms with Crippen LogP contribution >= 0.6 is 0 Å². The normalized spacial score (nSPS) is 41.9. The molecular formula is C18H23NO. The summed E-state index contributed by atoms with van der Waals surface area (Å²) in [4.78, 5) is 12.1. The number of hydrogen-bond donors (Lipinski definition) is 1. The van der Waals surface area contributed by atoms with E-state index in [9.17, 15) is 4.79 Å². The standard InChI is InChI=1S/C18H23NO/c1-12-2-4-15(5-3-12)17-7-13-6-14(8-17)10-18(9-13,11-17)16(19)20/h2-5,13-14H,6-11H2,1H3,(H2,19,20)/t13-,14+,17?,18?. The van der Waals surface area contributed by atoms with E-state index in [1.54, 1.807) is 0 Å². The van der Waals surface area contributed by atoms with Crippen LogP contribution in [0.3, 0.4) is 0 Å².